The Hall–Kier alpha value is -4.60. The zero-order valence-corrected chi connectivity index (χ0v) is 23.2. The highest BCUT2D eigenvalue weighted by Gasteiger charge is 2.37. The second-order valence-corrected chi connectivity index (χ2v) is 12.1. The van der Waals surface area contributed by atoms with Crippen LogP contribution < -0.4 is 0 Å². The maximum absolute atomic E-state index is 5.31. The van der Waals surface area contributed by atoms with E-state index in [9.17, 15) is 0 Å². The third kappa shape index (κ3) is 3.41. The van der Waals surface area contributed by atoms with Crippen molar-refractivity contribution >= 4 is 31.5 Å². The number of nitrogens with zero attached hydrogens (tertiary/aromatic N) is 2. The minimum Gasteiger partial charge on any atom is -0.228 e. The summed E-state index contributed by atoms with van der Waals surface area (Å²) >= 11 is 1.84. The smallest absolute Gasteiger partial charge is 0.161 e. The fraction of sp³-hybridized carbons (Fsp3) is 0.0811. The SMILES string of the molecule is CC1(C)c2ccccc2-c2c(-c3nc(-c4ccccc4)cc(-c4cccc5c4sc4ccccc45)n3)cccc21. The van der Waals surface area contributed by atoms with E-state index in [1.54, 1.807) is 0 Å². The lowest BCUT2D eigenvalue weighted by Crippen LogP contribution is -2.14. The molecule has 190 valence electrons. The molecule has 0 aliphatic heterocycles. The molecule has 0 N–H and O–H groups in total. The fourth-order valence-electron chi connectivity index (χ4n) is 6.35. The Labute approximate surface area is 237 Å². The predicted molar refractivity (Wildman–Crippen MR) is 169 cm³/mol. The van der Waals surface area contributed by atoms with Gasteiger partial charge in [0.15, 0.2) is 5.82 Å². The quantitative estimate of drug-likeness (QED) is 0.227. The molecule has 40 heavy (non-hydrogen) atoms. The molecule has 0 radical (unpaired) electrons. The summed E-state index contributed by atoms with van der Waals surface area (Å²) in [5.41, 5.74) is 10.3. The van der Waals surface area contributed by atoms with Gasteiger partial charge in [0.2, 0.25) is 0 Å². The van der Waals surface area contributed by atoms with Gasteiger partial charge in [0.1, 0.15) is 0 Å². The summed E-state index contributed by atoms with van der Waals surface area (Å²) in [7, 11) is 0. The molecule has 0 saturated carbocycles. The van der Waals surface area contributed by atoms with Gasteiger partial charge < -0.3 is 0 Å². The lowest BCUT2D eigenvalue weighted by Gasteiger charge is -2.21. The number of rotatable bonds is 3. The predicted octanol–water partition coefficient (Wildman–Crippen LogP) is 10.2. The van der Waals surface area contributed by atoms with Crippen molar-refractivity contribution in [2.24, 2.45) is 0 Å². The van der Waals surface area contributed by atoms with Gasteiger partial charge in [-0.25, -0.2) is 9.97 Å². The molecule has 2 nitrogen and oxygen atoms in total. The van der Waals surface area contributed by atoms with Crippen LogP contribution in [0.25, 0.3) is 65.2 Å². The van der Waals surface area contributed by atoms with Gasteiger partial charge in [0.25, 0.3) is 0 Å². The molecule has 0 saturated heterocycles. The number of aromatic nitrogens is 2. The van der Waals surface area contributed by atoms with E-state index >= 15 is 0 Å². The number of fused-ring (bicyclic) bond motifs is 6. The Morgan fingerprint density at radius 2 is 1.20 bits per heavy atom. The molecule has 5 aromatic carbocycles. The van der Waals surface area contributed by atoms with Gasteiger partial charge in [0.05, 0.1) is 11.4 Å². The summed E-state index contributed by atoms with van der Waals surface area (Å²) in [5.74, 6) is 0.763. The summed E-state index contributed by atoms with van der Waals surface area (Å²) in [5, 5.41) is 2.57. The second-order valence-electron chi connectivity index (χ2n) is 11.0. The maximum atomic E-state index is 5.31. The van der Waals surface area contributed by atoms with Crippen molar-refractivity contribution in [3.8, 4) is 45.0 Å². The summed E-state index contributed by atoms with van der Waals surface area (Å²) in [6.45, 7) is 4.63. The Morgan fingerprint density at radius 1 is 0.550 bits per heavy atom. The average molecular weight is 531 g/mol. The lowest BCUT2D eigenvalue weighted by atomic mass is 9.82. The number of hydrogen-bond acceptors (Lipinski definition) is 3. The minimum absolute atomic E-state index is 0.0789. The third-order valence-electron chi connectivity index (χ3n) is 8.32. The highest BCUT2D eigenvalue weighted by molar-refractivity contribution is 7.26. The van der Waals surface area contributed by atoms with Crippen LogP contribution in [0.4, 0.5) is 0 Å². The van der Waals surface area contributed by atoms with Crippen LogP contribution in [0.2, 0.25) is 0 Å². The highest BCUT2D eigenvalue weighted by atomic mass is 32.1. The van der Waals surface area contributed by atoms with Gasteiger partial charge in [-0.15, -0.1) is 11.3 Å². The van der Waals surface area contributed by atoms with Crippen LogP contribution in [0, 0.1) is 0 Å². The first-order valence-electron chi connectivity index (χ1n) is 13.7. The first kappa shape index (κ1) is 23.3. The summed E-state index contributed by atoms with van der Waals surface area (Å²) in [4.78, 5) is 10.5. The largest absolute Gasteiger partial charge is 0.228 e. The van der Waals surface area contributed by atoms with Gasteiger partial charge >= 0.3 is 0 Å². The molecule has 8 rings (SSSR count). The van der Waals surface area contributed by atoms with Crippen LogP contribution in [-0.2, 0) is 5.41 Å². The summed E-state index contributed by atoms with van der Waals surface area (Å²) < 4.78 is 2.55. The van der Waals surface area contributed by atoms with E-state index in [1.165, 1.54) is 42.4 Å². The number of thiophene rings is 1. The molecule has 0 atom stereocenters. The van der Waals surface area contributed by atoms with Crippen LogP contribution in [-0.4, -0.2) is 9.97 Å². The van der Waals surface area contributed by atoms with Crippen molar-refractivity contribution in [3.63, 3.8) is 0 Å². The molecule has 0 fully saturated rings. The molecule has 2 heterocycles. The van der Waals surface area contributed by atoms with E-state index in [2.05, 4.69) is 129 Å². The van der Waals surface area contributed by atoms with E-state index in [4.69, 9.17) is 9.97 Å². The van der Waals surface area contributed by atoms with Crippen LogP contribution >= 0.6 is 11.3 Å². The Kier molecular flexibility index (Phi) is 5.07. The Bertz CT molecular complexity index is 2090. The average Bonchev–Trinajstić information content (AvgIpc) is 3.50. The molecule has 1 aliphatic carbocycles. The Balaban J connectivity index is 1.42. The van der Waals surface area contributed by atoms with E-state index in [1.807, 2.05) is 17.4 Å². The monoisotopic (exact) mass is 530 g/mol. The van der Waals surface area contributed by atoms with Gasteiger partial charge in [0, 0.05) is 42.3 Å². The number of hydrogen-bond donors (Lipinski definition) is 0. The molecule has 0 amide bonds. The molecule has 0 spiro atoms. The van der Waals surface area contributed by atoms with Crippen LogP contribution in [0.15, 0.2) is 121 Å². The van der Waals surface area contributed by atoms with Crippen LogP contribution in [0.5, 0.6) is 0 Å². The molecule has 0 unspecified atom stereocenters. The van der Waals surface area contributed by atoms with E-state index < -0.39 is 0 Å². The molecule has 2 aromatic heterocycles. The second kappa shape index (κ2) is 8.70. The van der Waals surface area contributed by atoms with E-state index in [-0.39, 0.29) is 5.41 Å². The van der Waals surface area contributed by atoms with Crippen molar-refractivity contribution in [1.82, 2.24) is 9.97 Å². The van der Waals surface area contributed by atoms with Crippen molar-refractivity contribution < 1.29 is 0 Å². The van der Waals surface area contributed by atoms with Crippen molar-refractivity contribution in [2.75, 3.05) is 0 Å². The minimum atomic E-state index is -0.0789. The van der Waals surface area contributed by atoms with Crippen molar-refractivity contribution in [2.45, 2.75) is 19.3 Å². The zero-order chi connectivity index (χ0) is 26.8. The van der Waals surface area contributed by atoms with Crippen molar-refractivity contribution in [1.29, 1.82) is 0 Å². The van der Waals surface area contributed by atoms with Gasteiger partial charge in [-0.3, -0.25) is 0 Å². The van der Waals surface area contributed by atoms with Gasteiger partial charge in [-0.1, -0.05) is 123 Å². The molecule has 7 aromatic rings. The van der Waals surface area contributed by atoms with E-state index in [0.29, 0.717) is 0 Å². The molecular weight excluding hydrogens is 504 g/mol. The zero-order valence-electron chi connectivity index (χ0n) is 22.3. The van der Waals surface area contributed by atoms with Crippen molar-refractivity contribution in [3.05, 3.63) is 132 Å². The molecule has 1 aliphatic rings. The Morgan fingerprint density at radius 3 is 2.10 bits per heavy atom. The fourth-order valence-corrected chi connectivity index (χ4v) is 7.58. The topological polar surface area (TPSA) is 25.8 Å². The summed E-state index contributed by atoms with van der Waals surface area (Å²) in [6.07, 6.45) is 0. The maximum Gasteiger partial charge on any atom is 0.161 e. The first-order valence-corrected chi connectivity index (χ1v) is 14.5. The third-order valence-corrected chi connectivity index (χ3v) is 9.54. The van der Waals surface area contributed by atoms with Crippen LogP contribution in [0.1, 0.15) is 25.0 Å². The lowest BCUT2D eigenvalue weighted by molar-refractivity contribution is 0.660. The van der Waals surface area contributed by atoms with Gasteiger partial charge in [-0.05, 0) is 34.4 Å². The van der Waals surface area contributed by atoms with Crippen LogP contribution in [0.3, 0.4) is 0 Å². The van der Waals surface area contributed by atoms with Gasteiger partial charge in [-0.2, -0.15) is 0 Å². The summed E-state index contributed by atoms with van der Waals surface area (Å²) in [6, 6.07) is 43.2. The van der Waals surface area contributed by atoms with E-state index in [0.717, 1.165) is 33.9 Å². The molecular formula is C37H26N2S. The highest BCUT2D eigenvalue weighted by Crippen LogP contribution is 2.51. The normalized spacial score (nSPS) is 13.4. The first-order chi connectivity index (χ1) is 19.6. The standard InChI is InChI=1S/C37H26N2S/c1-37(2)29-19-8-6-15-26(29)34-28(18-11-20-30(34)37)36-38-31(23-12-4-3-5-13-23)22-32(39-36)27-17-10-16-25-24-14-7-9-21-33(24)40-35(25)27/h3-22H,1-2H3. The number of benzene rings is 5. The molecule has 3 heteroatoms. The molecule has 0 bridgehead atoms.